The van der Waals surface area contributed by atoms with E-state index in [1.165, 1.54) is 0 Å². The van der Waals surface area contributed by atoms with Gasteiger partial charge in [0.15, 0.2) is 0 Å². The fraction of sp³-hybridized carbons (Fsp3) is 0.360. The summed E-state index contributed by atoms with van der Waals surface area (Å²) < 4.78 is 10.9. The summed E-state index contributed by atoms with van der Waals surface area (Å²) in [5, 5.41) is 2.21. The van der Waals surface area contributed by atoms with Gasteiger partial charge in [-0.25, -0.2) is 0 Å². The lowest BCUT2D eigenvalue weighted by atomic mass is 9.96. The summed E-state index contributed by atoms with van der Waals surface area (Å²) in [6.45, 7) is 0. The van der Waals surface area contributed by atoms with Crippen molar-refractivity contribution >= 4 is 33.5 Å². The Morgan fingerprint density at radius 3 is 2.06 bits per heavy atom. The molecule has 2 aromatic carbocycles. The molecule has 0 fully saturated rings. The fourth-order valence-corrected chi connectivity index (χ4v) is 5.78. The van der Waals surface area contributed by atoms with Gasteiger partial charge in [-0.1, -0.05) is 89.7 Å². The highest BCUT2D eigenvalue weighted by Gasteiger charge is 2.30. The third-order valence-corrected chi connectivity index (χ3v) is 7.44. The van der Waals surface area contributed by atoms with Crippen LogP contribution in [-0.4, -0.2) is 17.2 Å². The SMILES string of the molecule is O=C(CCCCCCCC(C(=O)Oc1ccccc1)C1C=CSS1)Oc1ccccc1. The molecule has 2 aromatic rings. The highest BCUT2D eigenvalue weighted by atomic mass is 33.1. The smallest absolute Gasteiger partial charge is 0.315 e. The topological polar surface area (TPSA) is 52.6 Å². The van der Waals surface area contributed by atoms with Crippen LogP contribution in [0.2, 0.25) is 0 Å². The normalized spacial score (nSPS) is 16.1. The summed E-state index contributed by atoms with van der Waals surface area (Å²) in [6, 6.07) is 18.4. The second-order valence-corrected chi connectivity index (χ2v) is 9.78. The Kier molecular flexibility index (Phi) is 10.1. The summed E-state index contributed by atoms with van der Waals surface area (Å²) in [4.78, 5) is 24.6. The first kappa shape index (κ1) is 23.5. The Morgan fingerprint density at radius 2 is 1.42 bits per heavy atom. The zero-order chi connectivity index (χ0) is 21.7. The lowest BCUT2D eigenvalue weighted by molar-refractivity contribution is -0.139. The Hall–Kier alpha value is -2.18. The predicted molar refractivity (Wildman–Crippen MR) is 128 cm³/mol. The van der Waals surface area contributed by atoms with E-state index in [9.17, 15) is 9.59 Å². The second kappa shape index (κ2) is 13.3. The van der Waals surface area contributed by atoms with Crippen LogP contribution in [0, 0.1) is 5.92 Å². The molecule has 0 saturated carbocycles. The molecule has 0 bridgehead atoms. The van der Waals surface area contributed by atoms with Crippen molar-refractivity contribution in [1.82, 2.24) is 0 Å². The number of esters is 2. The summed E-state index contributed by atoms with van der Waals surface area (Å²) in [5.41, 5.74) is 0. The van der Waals surface area contributed by atoms with Crippen LogP contribution in [0.3, 0.4) is 0 Å². The molecule has 0 aromatic heterocycles. The third-order valence-electron chi connectivity index (χ3n) is 5.02. The maximum Gasteiger partial charge on any atom is 0.315 e. The second-order valence-electron chi connectivity index (χ2n) is 7.42. The number of unbranched alkanes of at least 4 members (excludes halogenated alkanes) is 4. The lowest BCUT2D eigenvalue weighted by Gasteiger charge is -2.19. The first-order valence-electron chi connectivity index (χ1n) is 10.7. The van der Waals surface area contributed by atoms with Crippen LogP contribution >= 0.6 is 21.6 Å². The van der Waals surface area contributed by atoms with E-state index in [0.29, 0.717) is 17.9 Å². The van der Waals surface area contributed by atoms with Gasteiger partial charge in [-0.3, -0.25) is 9.59 Å². The number of hydrogen-bond acceptors (Lipinski definition) is 6. The van der Waals surface area contributed by atoms with E-state index in [-0.39, 0.29) is 23.1 Å². The molecular formula is C25H28O4S2. The molecule has 4 nitrogen and oxygen atoms in total. The van der Waals surface area contributed by atoms with E-state index < -0.39 is 0 Å². The summed E-state index contributed by atoms with van der Waals surface area (Å²) in [5.74, 6) is 0.715. The van der Waals surface area contributed by atoms with Crippen LogP contribution in [0.1, 0.15) is 44.9 Å². The number of carbonyl (C=O) groups excluding carboxylic acids is 2. The van der Waals surface area contributed by atoms with Crippen LogP contribution in [0.15, 0.2) is 72.1 Å². The molecule has 0 amide bonds. The lowest BCUT2D eigenvalue weighted by Crippen LogP contribution is -2.28. The van der Waals surface area contributed by atoms with Gasteiger partial charge in [0, 0.05) is 11.7 Å². The summed E-state index contributed by atoms with van der Waals surface area (Å²) >= 11 is 0. The van der Waals surface area contributed by atoms with Crippen molar-refractivity contribution in [1.29, 1.82) is 0 Å². The molecule has 31 heavy (non-hydrogen) atoms. The Balaban J connectivity index is 1.33. The predicted octanol–water partition coefficient (Wildman–Crippen LogP) is 6.82. The number of hydrogen-bond donors (Lipinski definition) is 0. The average molecular weight is 457 g/mol. The summed E-state index contributed by atoms with van der Waals surface area (Å²) in [6.07, 6.45) is 8.20. The molecule has 1 aliphatic rings. The summed E-state index contributed by atoms with van der Waals surface area (Å²) in [7, 11) is 3.39. The van der Waals surface area contributed by atoms with Gasteiger partial charge < -0.3 is 9.47 Å². The molecule has 0 N–H and O–H groups in total. The van der Waals surface area contributed by atoms with Gasteiger partial charge in [-0.2, -0.15) is 0 Å². The minimum atomic E-state index is -0.183. The van der Waals surface area contributed by atoms with E-state index in [2.05, 4.69) is 6.08 Å². The molecule has 2 unspecified atom stereocenters. The first-order valence-corrected chi connectivity index (χ1v) is 13.0. The Labute approximate surface area is 192 Å². The van der Waals surface area contributed by atoms with Gasteiger partial charge in [0.25, 0.3) is 0 Å². The number of ether oxygens (including phenoxy) is 2. The highest BCUT2D eigenvalue weighted by molar-refractivity contribution is 8.78. The van der Waals surface area contributed by atoms with Crippen molar-refractivity contribution in [2.45, 2.75) is 50.2 Å². The van der Waals surface area contributed by atoms with Crippen molar-refractivity contribution in [3.05, 3.63) is 72.1 Å². The number of carbonyl (C=O) groups is 2. The maximum atomic E-state index is 12.8. The highest BCUT2D eigenvalue weighted by Crippen LogP contribution is 2.41. The molecule has 0 aliphatic carbocycles. The van der Waals surface area contributed by atoms with E-state index in [4.69, 9.17) is 9.47 Å². The number of rotatable bonds is 12. The van der Waals surface area contributed by atoms with Crippen molar-refractivity contribution in [2.24, 2.45) is 5.92 Å². The van der Waals surface area contributed by atoms with E-state index >= 15 is 0 Å². The van der Waals surface area contributed by atoms with Crippen LogP contribution in [-0.2, 0) is 9.59 Å². The largest absolute Gasteiger partial charge is 0.427 e. The van der Waals surface area contributed by atoms with Crippen LogP contribution in [0.25, 0.3) is 0 Å². The molecule has 2 atom stereocenters. The van der Waals surface area contributed by atoms with E-state index in [0.717, 1.165) is 38.5 Å². The van der Waals surface area contributed by atoms with Gasteiger partial charge in [0.1, 0.15) is 11.5 Å². The molecule has 1 aliphatic heterocycles. The van der Waals surface area contributed by atoms with Gasteiger partial charge in [-0.05, 0) is 42.5 Å². The molecule has 3 rings (SSSR count). The molecule has 6 heteroatoms. The van der Waals surface area contributed by atoms with Crippen molar-refractivity contribution in [2.75, 3.05) is 0 Å². The maximum absolute atomic E-state index is 12.8. The first-order chi connectivity index (χ1) is 15.2. The molecule has 1 heterocycles. The third kappa shape index (κ3) is 8.46. The van der Waals surface area contributed by atoms with Crippen LogP contribution < -0.4 is 9.47 Å². The van der Waals surface area contributed by atoms with Crippen LogP contribution in [0.5, 0.6) is 11.5 Å². The van der Waals surface area contributed by atoms with Gasteiger partial charge in [-0.15, -0.1) is 0 Å². The molecule has 164 valence electrons. The van der Waals surface area contributed by atoms with E-state index in [1.807, 2.05) is 53.9 Å². The molecule has 0 spiro atoms. The van der Waals surface area contributed by atoms with E-state index in [1.54, 1.807) is 33.7 Å². The standard InChI is InChI=1S/C25H28O4S2/c26-24(28-20-12-6-4-7-13-20)17-11-3-1-2-10-16-22(23-18-19-30-31-23)25(27)29-21-14-8-5-9-15-21/h4-9,12-15,18-19,22-23H,1-3,10-11,16-17H2. The number of benzene rings is 2. The van der Waals surface area contributed by atoms with Crippen LogP contribution in [0.4, 0.5) is 0 Å². The minimum Gasteiger partial charge on any atom is -0.427 e. The molecular weight excluding hydrogens is 428 g/mol. The van der Waals surface area contributed by atoms with Crippen molar-refractivity contribution in [3.8, 4) is 11.5 Å². The molecule has 0 saturated heterocycles. The average Bonchev–Trinajstić information content (AvgIpc) is 3.31. The Bertz CT molecular complexity index is 839. The minimum absolute atomic E-state index is 0.141. The van der Waals surface area contributed by atoms with Gasteiger partial charge >= 0.3 is 11.9 Å². The monoisotopic (exact) mass is 456 g/mol. The van der Waals surface area contributed by atoms with Gasteiger partial charge in [0.2, 0.25) is 0 Å². The number of para-hydroxylation sites is 2. The quantitative estimate of drug-likeness (QED) is 0.151. The fourth-order valence-electron chi connectivity index (χ4n) is 3.37. The zero-order valence-electron chi connectivity index (χ0n) is 17.5. The molecule has 0 radical (unpaired) electrons. The Morgan fingerprint density at radius 1 is 0.806 bits per heavy atom. The van der Waals surface area contributed by atoms with Crippen molar-refractivity contribution < 1.29 is 19.1 Å². The van der Waals surface area contributed by atoms with Crippen molar-refractivity contribution in [3.63, 3.8) is 0 Å². The zero-order valence-corrected chi connectivity index (χ0v) is 19.1. The van der Waals surface area contributed by atoms with Gasteiger partial charge in [0.05, 0.1) is 5.92 Å².